The van der Waals surface area contributed by atoms with Gasteiger partial charge in [-0.25, -0.2) is 4.98 Å². The number of anilines is 1. The minimum absolute atomic E-state index is 0.0605. The van der Waals surface area contributed by atoms with Crippen molar-refractivity contribution in [3.63, 3.8) is 0 Å². The summed E-state index contributed by atoms with van der Waals surface area (Å²) in [5.74, 6) is 1.09. The number of ether oxygens (including phenoxy) is 1. The number of methoxy groups -OCH3 is 1. The van der Waals surface area contributed by atoms with E-state index < -0.39 is 0 Å². The van der Waals surface area contributed by atoms with Crippen molar-refractivity contribution in [1.29, 1.82) is 0 Å². The molecule has 2 heterocycles. The van der Waals surface area contributed by atoms with E-state index in [9.17, 15) is 4.79 Å². The van der Waals surface area contributed by atoms with Crippen molar-refractivity contribution < 1.29 is 9.53 Å². The highest BCUT2D eigenvalue weighted by Crippen LogP contribution is 2.21. The van der Waals surface area contributed by atoms with Gasteiger partial charge in [-0.05, 0) is 24.5 Å². The number of carbonyl (C=O) groups excluding carboxylic acids is 1. The van der Waals surface area contributed by atoms with Gasteiger partial charge in [-0.3, -0.25) is 4.79 Å². The molecule has 1 unspecified atom stereocenters. The second-order valence-electron chi connectivity index (χ2n) is 5.47. The van der Waals surface area contributed by atoms with Gasteiger partial charge in [-0.15, -0.1) is 0 Å². The van der Waals surface area contributed by atoms with Crippen LogP contribution in [0.25, 0.3) is 0 Å². The molecule has 110 valence electrons. The van der Waals surface area contributed by atoms with Crippen molar-refractivity contribution in [1.82, 2.24) is 9.88 Å². The van der Waals surface area contributed by atoms with Gasteiger partial charge in [0.25, 0.3) is 5.91 Å². The maximum absolute atomic E-state index is 12.6. The fourth-order valence-corrected chi connectivity index (χ4v) is 2.39. The number of hydrogen-bond donors (Lipinski definition) is 1. The molecule has 1 atom stereocenters. The van der Waals surface area contributed by atoms with Crippen LogP contribution in [0.5, 0.6) is 0 Å². The lowest BCUT2D eigenvalue weighted by Crippen LogP contribution is -2.30. The van der Waals surface area contributed by atoms with Crippen molar-refractivity contribution >= 4 is 11.7 Å². The Morgan fingerprint density at radius 3 is 2.80 bits per heavy atom. The molecule has 1 aromatic heterocycles. The number of aromatic nitrogens is 1. The molecule has 0 aromatic carbocycles. The van der Waals surface area contributed by atoms with Crippen LogP contribution < -0.4 is 5.32 Å². The molecule has 1 N–H and O–H groups in total. The van der Waals surface area contributed by atoms with Gasteiger partial charge >= 0.3 is 0 Å². The van der Waals surface area contributed by atoms with E-state index in [0.29, 0.717) is 18.0 Å². The van der Waals surface area contributed by atoms with Crippen LogP contribution in [-0.4, -0.2) is 49.1 Å². The van der Waals surface area contributed by atoms with Gasteiger partial charge < -0.3 is 15.0 Å². The molecule has 0 radical (unpaired) electrons. The second kappa shape index (κ2) is 6.22. The first-order valence-corrected chi connectivity index (χ1v) is 7.07. The molecule has 20 heavy (non-hydrogen) atoms. The highest BCUT2D eigenvalue weighted by molar-refractivity contribution is 5.95. The summed E-state index contributed by atoms with van der Waals surface area (Å²) >= 11 is 0. The van der Waals surface area contributed by atoms with Crippen LogP contribution in [0.3, 0.4) is 0 Å². The number of carbonyl (C=O) groups is 1. The molecule has 0 bridgehead atoms. The molecule has 2 rings (SSSR count). The highest BCUT2D eigenvalue weighted by atomic mass is 16.5. The Balaban J connectivity index is 2.23. The molecule has 1 aromatic rings. The fourth-order valence-electron chi connectivity index (χ4n) is 2.39. The first-order valence-electron chi connectivity index (χ1n) is 7.07. The van der Waals surface area contributed by atoms with Gasteiger partial charge in [0.05, 0.1) is 6.10 Å². The lowest BCUT2D eigenvalue weighted by molar-refractivity contribution is 0.0724. The van der Waals surface area contributed by atoms with Crippen molar-refractivity contribution in [3.8, 4) is 0 Å². The van der Waals surface area contributed by atoms with Crippen molar-refractivity contribution in [2.75, 3.05) is 32.6 Å². The Bertz CT molecular complexity index is 488. The number of rotatable bonds is 4. The molecule has 1 aliphatic rings. The Morgan fingerprint density at radius 2 is 2.25 bits per heavy atom. The molecule has 1 fully saturated rings. The summed E-state index contributed by atoms with van der Waals surface area (Å²) < 4.78 is 5.32. The minimum Gasteiger partial charge on any atom is -0.380 e. The molecule has 5 heteroatoms. The van der Waals surface area contributed by atoms with E-state index in [2.05, 4.69) is 24.1 Å². The van der Waals surface area contributed by atoms with Crippen molar-refractivity contribution in [3.05, 3.63) is 23.4 Å². The molecule has 1 aliphatic heterocycles. The SMILES string of the molecule is CNc1cc(C(=O)N2CCC(OC)C2)cc(C(C)C)n1. The quantitative estimate of drug-likeness (QED) is 0.916. The van der Waals surface area contributed by atoms with E-state index in [1.54, 1.807) is 7.11 Å². The summed E-state index contributed by atoms with van der Waals surface area (Å²) in [4.78, 5) is 18.9. The van der Waals surface area contributed by atoms with Gasteiger partial charge in [-0.2, -0.15) is 0 Å². The molecule has 1 saturated heterocycles. The molecular weight excluding hydrogens is 254 g/mol. The van der Waals surface area contributed by atoms with Crippen LogP contribution in [0.2, 0.25) is 0 Å². The third-order valence-corrected chi connectivity index (χ3v) is 3.71. The lowest BCUT2D eigenvalue weighted by atomic mass is 10.1. The van der Waals surface area contributed by atoms with Crippen LogP contribution in [0.1, 0.15) is 42.2 Å². The van der Waals surface area contributed by atoms with Gasteiger partial charge in [-0.1, -0.05) is 13.8 Å². The molecular formula is C15H23N3O2. The van der Waals surface area contributed by atoms with E-state index in [1.165, 1.54) is 0 Å². The summed E-state index contributed by atoms with van der Waals surface area (Å²) in [6, 6.07) is 3.71. The molecule has 0 saturated carbocycles. The summed E-state index contributed by atoms with van der Waals surface area (Å²) in [5, 5.41) is 3.02. The van der Waals surface area contributed by atoms with Gasteiger partial charge in [0, 0.05) is 38.5 Å². The zero-order valence-electron chi connectivity index (χ0n) is 12.6. The molecule has 5 nitrogen and oxygen atoms in total. The topological polar surface area (TPSA) is 54.5 Å². The van der Waals surface area contributed by atoms with Crippen LogP contribution in [0, 0.1) is 0 Å². The normalized spacial score (nSPS) is 18.6. The monoisotopic (exact) mass is 277 g/mol. The van der Waals surface area contributed by atoms with Crippen LogP contribution >= 0.6 is 0 Å². The molecule has 0 spiro atoms. The summed E-state index contributed by atoms with van der Waals surface area (Å²) in [6.45, 7) is 5.58. The summed E-state index contributed by atoms with van der Waals surface area (Å²) in [6.07, 6.45) is 1.07. The number of nitrogens with zero attached hydrogens (tertiary/aromatic N) is 2. The predicted octanol–water partition coefficient (Wildman–Crippen LogP) is 2.11. The minimum atomic E-state index is 0.0605. The zero-order chi connectivity index (χ0) is 14.7. The molecule has 1 amide bonds. The van der Waals surface area contributed by atoms with Gasteiger partial charge in [0.1, 0.15) is 5.82 Å². The Morgan fingerprint density at radius 1 is 1.50 bits per heavy atom. The Labute approximate surface area is 120 Å². The maximum Gasteiger partial charge on any atom is 0.254 e. The number of pyridine rings is 1. The van der Waals surface area contributed by atoms with Crippen LogP contribution in [0.4, 0.5) is 5.82 Å². The predicted molar refractivity (Wildman–Crippen MR) is 79.2 cm³/mol. The van der Waals surface area contributed by atoms with E-state index >= 15 is 0 Å². The first kappa shape index (κ1) is 14.8. The number of hydrogen-bond acceptors (Lipinski definition) is 4. The third kappa shape index (κ3) is 3.10. The Kier molecular flexibility index (Phi) is 4.60. The summed E-state index contributed by atoms with van der Waals surface area (Å²) in [7, 11) is 3.51. The zero-order valence-corrected chi connectivity index (χ0v) is 12.6. The highest BCUT2D eigenvalue weighted by Gasteiger charge is 2.27. The van der Waals surface area contributed by atoms with Crippen LogP contribution in [0.15, 0.2) is 12.1 Å². The smallest absolute Gasteiger partial charge is 0.254 e. The third-order valence-electron chi connectivity index (χ3n) is 3.71. The van der Waals surface area contributed by atoms with E-state index in [-0.39, 0.29) is 12.0 Å². The largest absolute Gasteiger partial charge is 0.380 e. The fraction of sp³-hybridized carbons (Fsp3) is 0.600. The Hall–Kier alpha value is -1.62. The average molecular weight is 277 g/mol. The van der Waals surface area contributed by atoms with Crippen LogP contribution in [-0.2, 0) is 4.74 Å². The number of amides is 1. The summed E-state index contributed by atoms with van der Waals surface area (Å²) in [5.41, 5.74) is 1.63. The maximum atomic E-state index is 12.6. The van der Waals surface area contributed by atoms with E-state index in [4.69, 9.17) is 4.74 Å². The van der Waals surface area contributed by atoms with Crippen molar-refractivity contribution in [2.45, 2.75) is 32.3 Å². The van der Waals surface area contributed by atoms with Crippen molar-refractivity contribution in [2.24, 2.45) is 0 Å². The number of likely N-dealkylation sites (tertiary alicyclic amines) is 1. The van der Waals surface area contributed by atoms with E-state index in [1.807, 2.05) is 24.1 Å². The first-order chi connectivity index (χ1) is 9.55. The standard InChI is InChI=1S/C15H23N3O2/c1-10(2)13-7-11(8-14(16-3)17-13)15(19)18-6-5-12(9-18)20-4/h7-8,10,12H,5-6,9H2,1-4H3,(H,16,17). The van der Waals surface area contributed by atoms with Gasteiger partial charge in [0.15, 0.2) is 0 Å². The number of nitrogens with one attached hydrogen (secondary N) is 1. The second-order valence-corrected chi connectivity index (χ2v) is 5.47. The van der Waals surface area contributed by atoms with E-state index in [0.717, 1.165) is 24.5 Å². The van der Waals surface area contributed by atoms with Gasteiger partial charge in [0.2, 0.25) is 0 Å². The lowest BCUT2D eigenvalue weighted by Gasteiger charge is -2.18. The average Bonchev–Trinajstić information content (AvgIpc) is 2.94. The molecule has 0 aliphatic carbocycles.